The van der Waals surface area contributed by atoms with Crippen LogP contribution in [0.15, 0.2) is 0 Å². The lowest BCUT2D eigenvalue weighted by molar-refractivity contribution is 0.0947. The van der Waals surface area contributed by atoms with Gasteiger partial charge in [-0.1, -0.05) is 27.7 Å². The van der Waals surface area contributed by atoms with E-state index >= 15 is 0 Å². The molecule has 0 aromatic rings. The summed E-state index contributed by atoms with van der Waals surface area (Å²) < 4.78 is 5.44. The SMILES string of the molecule is CCOCCN(CC)C(CC)CNCC(C)C. The molecule has 0 aromatic heterocycles. The fourth-order valence-corrected chi connectivity index (χ4v) is 2.00. The van der Waals surface area contributed by atoms with Crippen molar-refractivity contribution in [1.29, 1.82) is 0 Å². The van der Waals surface area contributed by atoms with Gasteiger partial charge in [0.05, 0.1) is 6.61 Å². The number of hydrogen-bond donors (Lipinski definition) is 1. The topological polar surface area (TPSA) is 24.5 Å². The van der Waals surface area contributed by atoms with E-state index in [1.165, 1.54) is 6.42 Å². The quantitative estimate of drug-likeness (QED) is 0.565. The summed E-state index contributed by atoms with van der Waals surface area (Å²) in [4.78, 5) is 2.52. The van der Waals surface area contributed by atoms with Crippen molar-refractivity contribution in [3.05, 3.63) is 0 Å². The molecule has 0 rings (SSSR count). The smallest absolute Gasteiger partial charge is 0.0593 e. The van der Waals surface area contributed by atoms with Gasteiger partial charge in [0.15, 0.2) is 0 Å². The van der Waals surface area contributed by atoms with Gasteiger partial charge in [0.2, 0.25) is 0 Å². The second-order valence-corrected chi connectivity index (χ2v) is 4.94. The minimum atomic E-state index is 0.638. The van der Waals surface area contributed by atoms with Crippen LogP contribution in [-0.2, 0) is 4.74 Å². The Morgan fingerprint density at radius 3 is 2.29 bits per heavy atom. The van der Waals surface area contributed by atoms with Gasteiger partial charge in [-0.2, -0.15) is 0 Å². The summed E-state index contributed by atoms with van der Waals surface area (Å²) in [5.41, 5.74) is 0. The zero-order valence-corrected chi connectivity index (χ0v) is 12.5. The Hall–Kier alpha value is -0.120. The van der Waals surface area contributed by atoms with Crippen LogP contribution in [0.1, 0.15) is 41.0 Å². The molecule has 104 valence electrons. The summed E-state index contributed by atoms with van der Waals surface area (Å²) in [6, 6.07) is 0.638. The first kappa shape index (κ1) is 16.9. The third-order valence-electron chi connectivity index (χ3n) is 3.05. The molecular formula is C14H32N2O. The second kappa shape index (κ2) is 11.0. The molecule has 0 spiro atoms. The molecule has 0 amide bonds. The van der Waals surface area contributed by atoms with Gasteiger partial charge in [-0.15, -0.1) is 0 Å². The molecule has 0 aliphatic rings. The molecule has 17 heavy (non-hydrogen) atoms. The highest BCUT2D eigenvalue weighted by atomic mass is 16.5. The molecule has 1 N–H and O–H groups in total. The van der Waals surface area contributed by atoms with Crippen LogP contribution in [0.4, 0.5) is 0 Å². The highest BCUT2D eigenvalue weighted by molar-refractivity contribution is 4.72. The van der Waals surface area contributed by atoms with E-state index in [0.29, 0.717) is 6.04 Å². The van der Waals surface area contributed by atoms with Gasteiger partial charge in [-0.25, -0.2) is 0 Å². The molecule has 0 bridgehead atoms. The van der Waals surface area contributed by atoms with Gasteiger partial charge in [0.25, 0.3) is 0 Å². The molecule has 0 radical (unpaired) electrons. The molecule has 1 unspecified atom stereocenters. The summed E-state index contributed by atoms with van der Waals surface area (Å²) in [7, 11) is 0. The van der Waals surface area contributed by atoms with Crippen LogP contribution in [0.5, 0.6) is 0 Å². The largest absolute Gasteiger partial charge is 0.380 e. The standard InChI is InChI=1S/C14H32N2O/c1-6-14(12-15-11-13(4)5)16(7-2)9-10-17-8-3/h13-15H,6-12H2,1-5H3. The van der Waals surface area contributed by atoms with E-state index in [9.17, 15) is 0 Å². The number of nitrogens with one attached hydrogen (secondary N) is 1. The molecule has 0 aliphatic carbocycles. The Balaban J connectivity index is 3.91. The first-order valence-electron chi connectivity index (χ1n) is 7.18. The Morgan fingerprint density at radius 1 is 1.12 bits per heavy atom. The van der Waals surface area contributed by atoms with Crippen LogP contribution >= 0.6 is 0 Å². The summed E-state index contributed by atoms with van der Waals surface area (Å²) >= 11 is 0. The number of hydrogen-bond acceptors (Lipinski definition) is 3. The Kier molecular flexibility index (Phi) is 10.9. The van der Waals surface area contributed by atoms with Crippen LogP contribution < -0.4 is 5.32 Å². The van der Waals surface area contributed by atoms with Crippen LogP contribution in [0.25, 0.3) is 0 Å². The average molecular weight is 244 g/mol. The molecule has 0 fully saturated rings. The third kappa shape index (κ3) is 8.58. The van der Waals surface area contributed by atoms with Crippen molar-refractivity contribution in [1.82, 2.24) is 10.2 Å². The van der Waals surface area contributed by atoms with E-state index in [0.717, 1.165) is 45.3 Å². The first-order chi connectivity index (χ1) is 8.15. The lowest BCUT2D eigenvalue weighted by Crippen LogP contribution is -2.44. The van der Waals surface area contributed by atoms with Gasteiger partial charge in [0.1, 0.15) is 0 Å². The maximum atomic E-state index is 5.44. The van der Waals surface area contributed by atoms with Crippen molar-refractivity contribution in [2.75, 3.05) is 39.4 Å². The highest BCUT2D eigenvalue weighted by Gasteiger charge is 2.14. The molecule has 0 aromatic carbocycles. The molecule has 0 heterocycles. The zero-order valence-electron chi connectivity index (χ0n) is 12.5. The van der Waals surface area contributed by atoms with Gasteiger partial charge in [-0.05, 0) is 32.4 Å². The summed E-state index contributed by atoms with van der Waals surface area (Å²) in [6.07, 6.45) is 1.20. The van der Waals surface area contributed by atoms with Crippen molar-refractivity contribution in [3.8, 4) is 0 Å². The van der Waals surface area contributed by atoms with Crippen LogP contribution in [-0.4, -0.2) is 50.3 Å². The highest BCUT2D eigenvalue weighted by Crippen LogP contribution is 2.03. The third-order valence-corrected chi connectivity index (χ3v) is 3.05. The van der Waals surface area contributed by atoms with E-state index in [2.05, 4.69) is 44.8 Å². The lowest BCUT2D eigenvalue weighted by Gasteiger charge is -2.30. The first-order valence-corrected chi connectivity index (χ1v) is 7.18. The van der Waals surface area contributed by atoms with Crippen molar-refractivity contribution in [2.45, 2.75) is 47.1 Å². The molecule has 0 saturated heterocycles. The predicted molar refractivity (Wildman–Crippen MR) is 75.5 cm³/mol. The second-order valence-electron chi connectivity index (χ2n) is 4.94. The van der Waals surface area contributed by atoms with E-state index < -0.39 is 0 Å². The lowest BCUT2D eigenvalue weighted by atomic mass is 10.1. The van der Waals surface area contributed by atoms with Crippen LogP contribution in [0.2, 0.25) is 0 Å². The van der Waals surface area contributed by atoms with Crippen molar-refractivity contribution >= 4 is 0 Å². The minimum Gasteiger partial charge on any atom is -0.380 e. The summed E-state index contributed by atoms with van der Waals surface area (Å²) in [5, 5.41) is 3.56. The van der Waals surface area contributed by atoms with Crippen LogP contribution in [0.3, 0.4) is 0 Å². The number of nitrogens with zero attached hydrogens (tertiary/aromatic N) is 1. The Labute approximate surface area is 108 Å². The average Bonchev–Trinajstić information content (AvgIpc) is 2.31. The molecule has 0 aliphatic heterocycles. The fourth-order valence-electron chi connectivity index (χ4n) is 2.00. The minimum absolute atomic E-state index is 0.638. The zero-order chi connectivity index (χ0) is 13.1. The molecule has 3 heteroatoms. The van der Waals surface area contributed by atoms with E-state index in [1.54, 1.807) is 0 Å². The molecule has 3 nitrogen and oxygen atoms in total. The summed E-state index contributed by atoms with van der Waals surface area (Å²) in [5.74, 6) is 0.728. The molecular weight excluding hydrogens is 212 g/mol. The monoisotopic (exact) mass is 244 g/mol. The van der Waals surface area contributed by atoms with Crippen LogP contribution in [0, 0.1) is 5.92 Å². The van der Waals surface area contributed by atoms with Crippen molar-refractivity contribution in [3.63, 3.8) is 0 Å². The molecule has 0 saturated carbocycles. The van der Waals surface area contributed by atoms with Crippen molar-refractivity contribution < 1.29 is 4.74 Å². The van der Waals surface area contributed by atoms with Gasteiger partial charge in [-0.3, -0.25) is 4.90 Å². The number of rotatable bonds is 11. The number of ether oxygens (including phenoxy) is 1. The van der Waals surface area contributed by atoms with E-state index in [4.69, 9.17) is 4.74 Å². The van der Waals surface area contributed by atoms with Gasteiger partial charge in [0, 0.05) is 25.7 Å². The van der Waals surface area contributed by atoms with E-state index in [1.807, 2.05) is 0 Å². The Bertz CT molecular complexity index is 162. The molecule has 1 atom stereocenters. The van der Waals surface area contributed by atoms with Gasteiger partial charge < -0.3 is 10.1 Å². The fraction of sp³-hybridized carbons (Fsp3) is 1.00. The maximum absolute atomic E-state index is 5.44. The van der Waals surface area contributed by atoms with Crippen molar-refractivity contribution in [2.24, 2.45) is 5.92 Å². The summed E-state index contributed by atoms with van der Waals surface area (Å²) in [6.45, 7) is 17.1. The van der Waals surface area contributed by atoms with E-state index in [-0.39, 0.29) is 0 Å². The predicted octanol–water partition coefficient (Wildman–Crippen LogP) is 2.37. The normalized spacial score (nSPS) is 13.6. The maximum Gasteiger partial charge on any atom is 0.0593 e. The van der Waals surface area contributed by atoms with Gasteiger partial charge >= 0.3 is 0 Å². The Morgan fingerprint density at radius 2 is 1.82 bits per heavy atom. The number of likely N-dealkylation sites (N-methyl/N-ethyl adjacent to an activating group) is 1.